The topological polar surface area (TPSA) is 75.1 Å². The fourth-order valence-corrected chi connectivity index (χ4v) is 4.51. The Morgan fingerprint density at radius 1 is 1.26 bits per heavy atom. The molecule has 0 unspecified atom stereocenters. The van der Waals surface area contributed by atoms with Gasteiger partial charge >= 0.3 is 0 Å². The van der Waals surface area contributed by atoms with E-state index in [1.807, 2.05) is 26.1 Å². The van der Waals surface area contributed by atoms with Crippen molar-refractivity contribution in [3.8, 4) is 17.2 Å². The molecule has 182 valence electrons. The molecule has 0 fully saturated rings. The highest BCUT2D eigenvalue weighted by Crippen LogP contribution is 2.42. The van der Waals surface area contributed by atoms with Gasteiger partial charge in [-0.2, -0.15) is 0 Å². The van der Waals surface area contributed by atoms with Crippen molar-refractivity contribution >= 4 is 17.3 Å². The normalized spacial score (nSPS) is 15.1. The number of methoxy groups -OCH3 is 1. The molecule has 0 bridgehead atoms. The number of anilines is 1. The van der Waals surface area contributed by atoms with E-state index >= 15 is 4.39 Å². The van der Waals surface area contributed by atoms with Gasteiger partial charge in [-0.25, -0.2) is 4.39 Å². The highest BCUT2D eigenvalue weighted by molar-refractivity contribution is 6.06. The third-order valence-corrected chi connectivity index (χ3v) is 6.31. The summed E-state index contributed by atoms with van der Waals surface area (Å²) >= 11 is 0. The van der Waals surface area contributed by atoms with Crippen LogP contribution in [0, 0.1) is 11.2 Å². The molecule has 0 radical (unpaired) electrons. The molecule has 0 spiro atoms. The van der Waals surface area contributed by atoms with Gasteiger partial charge in [-0.05, 0) is 36.1 Å². The molecule has 0 amide bonds. The fourth-order valence-electron chi connectivity index (χ4n) is 4.51. The Labute approximate surface area is 199 Å². The van der Waals surface area contributed by atoms with Crippen molar-refractivity contribution in [3.63, 3.8) is 0 Å². The van der Waals surface area contributed by atoms with Gasteiger partial charge in [0.25, 0.3) is 0 Å². The Kier molecular flexibility index (Phi) is 6.18. The molecule has 2 aliphatic heterocycles. The second-order valence-corrected chi connectivity index (χ2v) is 9.71. The maximum Gasteiger partial charge on any atom is 0.197 e. The van der Waals surface area contributed by atoms with E-state index in [9.17, 15) is 4.79 Å². The zero-order valence-corrected chi connectivity index (χ0v) is 20.7. The summed E-state index contributed by atoms with van der Waals surface area (Å²) in [6.45, 7) is 10.00. The summed E-state index contributed by atoms with van der Waals surface area (Å²) in [5, 5.41) is 8.56. The standard InChI is InChI=1S/C26H32FN3O4/c1-7-33-20-12-16-13-30(25(28)21(16)22(27)24(20)32-6)14-19(31)15-10-17(26(2,3)4)23-18(11-15)29(5)8-9-34-23/h10-12,28H,7-9,13-14H2,1-6H3. The molecule has 1 N–H and O–H groups in total. The number of hydrogen-bond acceptors (Lipinski definition) is 6. The highest BCUT2D eigenvalue weighted by atomic mass is 19.1. The molecule has 0 saturated heterocycles. The summed E-state index contributed by atoms with van der Waals surface area (Å²) in [4.78, 5) is 17.1. The van der Waals surface area contributed by atoms with Gasteiger partial charge in [0.1, 0.15) is 18.2 Å². The molecule has 0 aliphatic carbocycles. The summed E-state index contributed by atoms with van der Waals surface area (Å²) in [6, 6.07) is 5.45. The van der Waals surface area contributed by atoms with Crippen molar-refractivity contribution in [2.24, 2.45) is 0 Å². The van der Waals surface area contributed by atoms with Crippen LogP contribution >= 0.6 is 0 Å². The van der Waals surface area contributed by atoms with Crippen LogP contribution in [0.5, 0.6) is 17.2 Å². The Morgan fingerprint density at radius 2 is 2.00 bits per heavy atom. The first-order chi connectivity index (χ1) is 16.1. The molecule has 0 saturated carbocycles. The van der Waals surface area contributed by atoms with Gasteiger partial charge in [-0.3, -0.25) is 10.2 Å². The predicted octanol–water partition coefficient (Wildman–Crippen LogP) is 4.38. The zero-order chi connectivity index (χ0) is 24.8. The van der Waals surface area contributed by atoms with Crippen LogP contribution in [-0.4, -0.2) is 57.0 Å². The Hall–Kier alpha value is -3.29. The molecule has 2 heterocycles. The van der Waals surface area contributed by atoms with Crippen molar-refractivity contribution in [1.29, 1.82) is 5.41 Å². The number of carbonyl (C=O) groups excluding carboxylic acids is 1. The molecule has 2 aromatic rings. The Morgan fingerprint density at radius 3 is 2.65 bits per heavy atom. The molecular formula is C26H32FN3O4. The Bertz CT molecular complexity index is 1160. The van der Waals surface area contributed by atoms with E-state index in [2.05, 4.69) is 25.7 Å². The maximum absolute atomic E-state index is 15.2. The van der Waals surface area contributed by atoms with Gasteiger partial charge in [0.15, 0.2) is 23.1 Å². The van der Waals surface area contributed by atoms with Crippen LogP contribution in [0.15, 0.2) is 18.2 Å². The largest absolute Gasteiger partial charge is 0.490 e. The van der Waals surface area contributed by atoms with Gasteiger partial charge in [0.05, 0.1) is 38.1 Å². The average Bonchev–Trinajstić information content (AvgIpc) is 3.08. The van der Waals surface area contributed by atoms with Gasteiger partial charge in [-0.15, -0.1) is 0 Å². The summed E-state index contributed by atoms with van der Waals surface area (Å²) in [6.07, 6.45) is 0. The van der Waals surface area contributed by atoms with E-state index in [4.69, 9.17) is 19.6 Å². The number of ketones is 1. The monoisotopic (exact) mass is 469 g/mol. The van der Waals surface area contributed by atoms with Gasteiger partial charge < -0.3 is 24.0 Å². The lowest BCUT2D eigenvalue weighted by Gasteiger charge is -2.33. The number of fused-ring (bicyclic) bond motifs is 2. The van der Waals surface area contributed by atoms with E-state index in [-0.39, 0.29) is 41.4 Å². The number of nitrogens with one attached hydrogen (secondary N) is 1. The number of nitrogens with zero attached hydrogens (tertiary/aromatic N) is 2. The quantitative estimate of drug-likeness (QED) is 0.633. The molecule has 8 heteroatoms. The lowest BCUT2D eigenvalue weighted by molar-refractivity contribution is 0.0962. The number of amidine groups is 1. The first kappa shape index (κ1) is 23.9. The molecular weight excluding hydrogens is 437 g/mol. The van der Waals surface area contributed by atoms with Crippen molar-refractivity contribution in [3.05, 3.63) is 46.3 Å². The second-order valence-electron chi connectivity index (χ2n) is 9.71. The van der Waals surface area contributed by atoms with E-state index in [0.717, 1.165) is 23.5 Å². The minimum absolute atomic E-state index is 0.0222. The van der Waals surface area contributed by atoms with E-state index in [1.54, 1.807) is 11.0 Å². The first-order valence-electron chi connectivity index (χ1n) is 11.5. The third-order valence-electron chi connectivity index (χ3n) is 6.31. The number of Topliss-reactive ketones (excluding diaryl/α,β-unsaturated/α-hetero) is 1. The number of rotatable bonds is 6. The number of carbonyl (C=O) groups is 1. The molecule has 4 rings (SSSR count). The summed E-state index contributed by atoms with van der Waals surface area (Å²) in [5.41, 5.74) is 2.95. The number of ether oxygens (including phenoxy) is 3. The van der Waals surface area contributed by atoms with E-state index in [1.165, 1.54) is 7.11 Å². The van der Waals surface area contributed by atoms with Gasteiger partial charge in [0.2, 0.25) is 0 Å². The predicted molar refractivity (Wildman–Crippen MR) is 130 cm³/mol. The zero-order valence-electron chi connectivity index (χ0n) is 20.7. The van der Waals surface area contributed by atoms with Crippen LogP contribution in [0.2, 0.25) is 0 Å². The molecule has 2 aromatic carbocycles. The fraction of sp³-hybridized carbons (Fsp3) is 0.462. The second kappa shape index (κ2) is 8.81. The number of benzene rings is 2. The first-order valence-corrected chi connectivity index (χ1v) is 11.5. The Balaban J connectivity index is 1.65. The van der Waals surface area contributed by atoms with Crippen LogP contribution in [0.1, 0.15) is 54.7 Å². The highest BCUT2D eigenvalue weighted by Gasteiger charge is 2.34. The van der Waals surface area contributed by atoms with Crippen LogP contribution in [0.4, 0.5) is 10.1 Å². The molecule has 2 aliphatic rings. The lowest BCUT2D eigenvalue weighted by Crippen LogP contribution is -2.33. The van der Waals surface area contributed by atoms with Crippen LogP contribution in [0.25, 0.3) is 0 Å². The smallest absolute Gasteiger partial charge is 0.197 e. The van der Waals surface area contributed by atoms with Gasteiger partial charge in [-0.1, -0.05) is 20.8 Å². The number of hydrogen-bond donors (Lipinski definition) is 1. The third kappa shape index (κ3) is 4.06. The van der Waals surface area contributed by atoms with Crippen LogP contribution in [0.3, 0.4) is 0 Å². The van der Waals surface area contributed by atoms with Gasteiger partial charge in [0, 0.05) is 24.7 Å². The molecule has 7 nitrogen and oxygen atoms in total. The number of halogens is 1. The van der Waals surface area contributed by atoms with Crippen LogP contribution < -0.4 is 19.1 Å². The molecule has 0 aromatic heterocycles. The van der Waals surface area contributed by atoms with Crippen LogP contribution in [-0.2, 0) is 12.0 Å². The van der Waals surface area contributed by atoms with Crippen molar-refractivity contribution in [2.45, 2.75) is 39.7 Å². The minimum Gasteiger partial charge on any atom is -0.490 e. The van der Waals surface area contributed by atoms with Crippen molar-refractivity contribution < 1.29 is 23.4 Å². The lowest BCUT2D eigenvalue weighted by atomic mass is 9.84. The molecule has 34 heavy (non-hydrogen) atoms. The summed E-state index contributed by atoms with van der Waals surface area (Å²) in [5.74, 6) is 0.294. The van der Waals surface area contributed by atoms with Crippen molar-refractivity contribution in [2.75, 3.05) is 45.4 Å². The summed E-state index contributed by atoms with van der Waals surface area (Å²) in [7, 11) is 3.36. The average molecular weight is 470 g/mol. The van der Waals surface area contributed by atoms with E-state index < -0.39 is 5.82 Å². The summed E-state index contributed by atoms with van der Waals surface area (Å²) < 4.78 is 31.9. The van der Waals surface area contributed by atoms with Crippen molar-refractivity contribution in [1.82, 2.24) is 4.90 Å². The SMILES string of the molecule is CCOc1cc2c(c(F)c1OC)C(=N)N(CC(=O)c1cc3c(c(C(C)(C)C)c1)OCCN3C)C2. The maximum atomic E-state index is 15.2. The van der Waals surface area contributed by atoms with E-state index in [0.29, 0.717) is 30.1 Å². The minimum atomic E-state index is -0.633. The molecule has 0 atom stereocenters. The number of likely N-dealkylation sites (N-methyl/N-ethyl adjacent to an activating group) is 1.